The summed E-state index contributed by atoms with van der Waals surface area (Å²) in [5.41, 5.74) is 0.317. The van der Waals surface area contributed by atoms with Gasteiger partial charge in [-0.15, -0.1) is 5.10 Å². The van der Waals surface area contributed by atoms with Crippen molar-refractivity contribution in [3.8, 4) is 0 Å². The Labute approximate surface area is 149 Å². The number of aromatic nitrogens is 5. The van der Waals surface area contributed by atoms with E-state index >= 15 is 0 Å². The second-order valence-corrected chi connectivity index (χ2v) is 5.74. The molecule has 136 valence electrons. The van der Waals surface area contributed by atoms with Gasteiger partial charge in [0.25, 0.3) is 5.91 Å². The van der Waals surface area contributed by atoms with Gasteiger partial charge < -0.3 is 10.4 Å². The van der Waals surface area contributed by atoms with Gasteiger partial charge in [-0.1, -0.05) is 23.4 Å². The van der Waals surface area contributed by atoms with Gasteiger partial charge in [-0.05, 0) is 18.6 Å². The van der Waals surface area contributed by atoms with Crippen molar-refractivity contribution in [3.63, 3.8) is 0 Å². The minimum atomic E-state index is -1.08. The van der Waals surface area contributed by atoms with Crippen molar-refractivity contribution in [3.05, 3.63) is 66.0 Å². The van der Waals surface area contributed by atoms with Crippen molar-refractivity contribution in [2.45, 2.75) is 25.6 Å². The lowest BCUT2D eigenvalue weighted by atomic mass is 10.1. The predicted molar refractivity (Wildman–Crippen MR) is 90.6 cm³/mol. The molecule has 3 rings (SSSR count). The number of amides is 1. The lowest BCUT2D eigenvalue weighted by Crippen LogP contribution is -2.25. The molecular formula is C17H19FN6O2. The van der Waals surface area contributed by atoms with Crippen LogP contribution < -0.4 is 5.32 Å². The summed E-state index contributed by atoms with van der Waals surface area (Å²) < 4.78 is 16.8. The SMILES string of the molecule is O=C(NCCCn1cccn1)c1cn(C[C@H](O)c2ccccc2F)nn1. The minimum Gasteiger partial charge on any atom is -0.386 e. The van der Waals surface area contributed by atoms with Crippen molar-refractivity contribution in [1.82, 2.24) is 30.1 Å². The van der Waals surface area contributed by atoms with E-state index < -0.39 is 11.9 Å². The normalized spacial score (nSPS) is 12.1. The lowest BCUT2D eigenvalue weighted by Gasteiger charge is -2.11. The first-order chi connectivity index (χ1) is 12.6. The van der Waals surface area contributed by atoms with Gasteiger partial charge in [0.15, 0.2) is 5.69 Å². The Morgan fingerprint density at radius 1 is 1.27 bits per heavy atom. The van der Waals surface area contributed by atoms with Gasteiger partial charge in [-0.2, -0.15) is 5.10 Å². The van der Waals surface area contributed by atoms with Crippen molar-refractivity contribution in [1.29, 1.82) is 0 Å². The molecule has 2 N–H and O–H groups in total. The monoisotopic (exact) mass is 358 g/mol. The fourth-order valence-electron chi connectivity index (χ4n) is 2.48. The standard InChI is InChI=1S/C17H19FN6O2/c18-14-6-2-1-5-13(14)16(25)12-24-11-15(21-22-24)17(26)19-7-3-9-23-10-4-8-20-23/h1-2,4-6,8,10-11,16,25H,3,7,9,12H2,(H,19,26)/t16-/m0/s1. The zero-order valence-electron chi connectivity index (χ0n) is 14.0. The number of nitrogens with one attached hydrogen (secondary N) is 1. The Bertz CT molecular complexity index is 849. The van der Waals surface area contributed by atoms with Crippen molar-refractivity contribution >= 4 is 5.91 Å². The first kappa shape index (κ1) is 17.7. The highest BCUT2D eigenvalue weighted by Gasteiger charge is 2.16. The van der Waals surface area contributed by atoms with E-state index in [4.69, 9.17) is 0 Å². The Morgan fingerprint density at radius 2 is 2.12 bits per heavy atom. The maximum atomic E-state index is 13.7. The fourth-order valence-corrected chi connectivity index (χ4v) is 2.48. The molecule has 0 aliphatic carbocycles. The van der Waals surface area contributed by atoms with E-state index in [9.17, 15) is 14.3 Å². The number of aryl methyl sites for hydroxylation is 1. The summed E-state index contributed by atoms with van der Waals surface area (Å²) >= 11 is 0. The first-order valence-electron chi connectivity index (χ1n) is 8.22. The van der Waals surface area contributed by atoms with E-state index in [2.05, 4.69) is 20.7 Å². The van der Waals surface area contributed by atoms with Crippen LogP contribution in [-0.2, 0) is 13.1 Å². The number of carbonyl (C=O) groups is 1. The van der Waals surface area contributed by atoms with Gasteiger partial charge in [0.05, 0.1) is 12.7 Å². The molecule has 0 bridgehead atoms. The molecule has 2 aromatic heterocycles. The number of aliphatic hydroxyl groups is 1. The highest BCUT2D eigenvalue weighted by atomic mass is 19.1. The first-order valence-corrected chi connectivity index (χ1v) is 8.22. The Hall–Kier alpha value is -3.07. The molecule has 0 aliphatic heterocycles. The number of rotatable bonds is 8. The summed E-state index contributed by atoms with van der Waals surface area (Å²) in [5, 5.41) is 24.6. The number of benzene rings is 1. The van der Waals surface area contributed by atoms with Crippen LogP contribution in [0.5, 0.6) is 0 Å². The molecule has 0 saturated heterocycles. The highest BCUT2D eigenvalue weighted by molar-refractivity contribution is 5.91. The van der Waals surface area contributed by atoms with Crippen LogP contribution in [0.25, 0.3) is 0 Å². The van der Waals surface area contributed by atoms with Crippen LogP contribution in [0.15, 0.2) is 48.9 Å². The lowest BCUT2D eigenvalue weighted by molar-refractivity contribution is 0.0947. The molecule has 3 aromatic rings. The third kappa shape index (κ3) is 4.51. The number of aliphatic hydroxyl groups excluding tert-OH is 1. The molecule has 1 atom stereocenters. The molecule has 8 nitrogen and oxygen atoms in total. The molecule has 0 fully saturated rings. The number of hydrogen-bond donors (Lipinski definition) is 2. The van der Waals surface area contributed by atoms with Crippen LogP contribution in [0.4, 0.5) is 4.39 Å². The molecule has 0 spiro atoms. The van der Waals surface area contributed by atoms with Crippen LogP contribution in [-0.4, -0.2) is 42.3 Å². The summed E-state index contributed by atoms with van der Waals surface area (Å²) in [6.07, 6.45) is 4.63. The van der Waals surface area contributed by atoms with Crippen LogP contribution in [0, 0.1) is 5.82 Å². The summed E-state index contributed by atoms with van der Waals surface area (Å²) in [6, 6.07) is 7.82. The number of hydrogen-bond acceptors (Lipinski definition) is 5. The highest BCUT2D eigenvalue weighted by Crippen LogP contribution is 2.18. The van der Waals surface area contributed by atoms with Gasteiger partial charge in [0, 0.05) is 31.0 Å². The average molecular weight is 358 g/mol. The van der Waals surface area contributed by atoms with Crippen LogP contribution in [0.1, 0.15) is 28.6 Å². The Kier molecular flexibility index (Phi) is 5.69. The second kappa shape index (κ2) is 8.34. The average Bonchev–Trinajstić information content (AvgIpc) is 3.31. The minimum absolute atomic E-state index is 0.000508. The fraction of sp³-hybridized carbons (Fsp3) is 0.294. The van der Waals surface area contributed by atoms with Gasteiger partial charge in [-0.3, -0.25) is 9.48 Å². The summed E-state index contributed by atoms with van der Waals surface area (Å²) in [7, 11) is 0. The Balaban J connectivity index is 1.49. The van der Waals surface area contributed by atoms with E-state index in [1.54, 1.807) is 23.0 Å². The Morgan fingerprint density at radius 3 is 2.88 bits per heavy atom. The number of halogens is 1. The third-order valence-electron chi connectivity index (χ3n) is 3.80. The number of carbonyl (C=O) groups excluding carboxylic acids is 1. The maximum Gasteiger partial charge on any atom is 0.273 e. The molecular weight excluding hydrogens is 339 g/mol. The topological polar surface area (TPSA) is 97.9 Å². The van der Waals surface area contributed by atoms with Gasteiger partial charge in [0.2, 0.25) is 0 Å². The van der Waals surface area contributed by atoms with Crippen molar-refractivity contribution in [2.24, 2.45) is 0 Å². The predicted octanol–water partition coefficient (Wildman–Crippen LogP) is 1.17. The van der Waals surface area contributed by atoms with Gasteiger partial charge >= 0.3 is 0 Å². The maximum absolute atomic E-state index is 13.7. The summed E-state index contributed by atoms with van der Waals surface area (Å²) in [4.78, 5) is 12.1. The molecule has 0 radical (unpaired) electrons. The summed E-state index contributed by atoms with van der Waals surface area (Å²) in [6.45, 7) is 1.18. The second-order valence-electron chi connectivity index (χ2n) is 5.74. The van der Waals surface area contributed by atoms with E-state index in [-0.39, 0.29) is 23.7 Å². The zero-order chi connectivity index (χ0) is 18.4. The summed E-state index contributed by atoms with van der Waals surface area (Å²) in [5.74, 6) is -0.840. The molecule has 0 unspecified atom stereocenters. The van der Waals surface area contributed by atoms with Gasteiger partial charge in [-0.25, -0.2) is 9.07 Å². The molecule has 1 aromatic carbocycles. The van der Waals surface area contributed by atoms with E-state index in [0.29, 0.717) is 13.1 Å². The molecule has 0 aliphatic rings. The van der Waals surface area contributed by atoms with E-state index in [1.807, 2.05) is 12.3 Å². The van der Waals surface area contributed by atoms with Gasteiger partial charge in [0.1, 0.15) is 11.9 Å². The van der Waals surface area contributed by atoms with Crippen molar-refractivity contribution < 1.29 is 14.3 Å². The van der Waals surface area contributed by atoms with E-state index in [1.165, 1.54) is 23.0 Å². The molecule has 26 heavy (non-hydrogen) atoms. The van der Waals surface area contributed by atoms with Crippen LogP contribution in [0.2, 0.25) is 0 Å². The third-order valence-corrected chi connectivity index (χ3v) is 3.80. The molecule has 1 amide bonds. The molecule has 0 saturated carbocycles. The largest absolute Gasteiger partial charge is 0.386 e. The van der Waals surface area contributed by atoms with Crippen molar-refractivity contribution in [2.75, 3.05) is 6.54 Å². The zero-order valence-corrected chi connectivity index (χ0v) is 14.0. The van der Waals surface area contributed by atoms with E-state index in [0.717, 1.165) is 6.42 Å². The van der Waals surface area contributed by atoms with Crippen LogP contribution in [0.3, 0.4) is 0 Å². The van der Waals surface area contributed by atoms with Crippen LogP contribution >= 0.6 is 0 Å². The number of nitrogens with zero attached hydrogens (tertiary/aromatic N) is 5. The quantitative estimate of drug-likeness (QED) is 0.589. The molecule has 2 heterocycles. The molecule has 9 heteroatoms. The smallest absolute Gasteiger partial charge is 0.273 e.